The number of amides is 1. The van der Waals surface area contributed by atoms with Crippen LogP contribution in [-0.2, 0) is 14.3 Å². The van der Waals surface area contributed by atoms with Crippen LogP contribution < -0.4 is 9.64 Å². The number of aryl methyl sites for hydroxylation is 1. The number of nitrogens with zero attached hydrogens (tertiary/aromatic N) is 2. The maximum Gasteiger partial charge on any atom is 0.350 e. The lowest BCUT2D eigenvalue weighted by Crippen LogP contribution is -2.29. The molecule has 198 valence electrons. The average Bonchev–Trinajstić information content (AvgIpc) is 3.41. The summed E-state index contributed by atoms with van der Waals surface area (Å²) in [6, 6.07) is 10.1. The number of carbonyl (C=O) groups excluding carboxylic acids is 3. The summed E-state index contributed by atoms with van der Waals surface area (Å²) in [5.41, 5.74) is 0.940. The SMILES string of the molecule is CCCOc1ccc(/C(O)=C2\C(=O)C(=O)N(c3nc(C)c(C(=O)OCC)s3)C2c2ccc(Cl)c(Cl)c2)cc1. The average molecular weight is 575 g/mol. The molecule has 1 N–H and O–H groups in total. The zero-order valence-corrected chi connectivity index (χ0v) is 23.1. The number of anilines is 1. The molecule has 1 aliphatic heterocycles. The number of benzene rings is 2. The van der Waals surface area contributed by atoms with Crippen molar-refractivity contribution in [2.24, 2.45) is 0 Å². The number of hydrogen-bond acceptors (Lipinski definition) is 8. The summed E-state index contributed by atoms with van der Waals surface area (Å²) >= 11 is 13.3. The Kier molecular flexibility index (Phi) is 8.40. The maximum absolute atomic E-state index is 13.4. The van der Waals surface area contributed by atoms with Gasteiger partial charge >= 0.3 is 11.9 Å². The molecule has 11 heteroatoms. The zero-order chi connectivity index (χ0) is 27.6. The van der Waals surface area contributed by atoms with Crippen molar-refractivity contribution in [3.05, 3.63) is 79.8 Å². The summed E-state index contributed by atoms with van der Waals surface area (Å²) in [5, 5.41) is 11.9. The third-order valence-electron chi connectivity index (χ3n) is 5.76. The normalized spacial score (nSPS) is 16.7. The maximum atomic E-state index is 13.4. The molecular formula is C27H24Cl2N2O6S. The van der Waals surface area contributed by atoms with Crippen LogP contribution in [0.1, 0.15) is 52.8 Å². The number of thiazole rings is 1. The Labute approximate surface area is 233 Å². The van der Waals surface area contributed by atoms with E-state index in [1.807, 2.05) is 6.92 Å². The van der Waals surface area contributed by atoms with E-state index >= 15 is 0 Å². The lowest BCUT2D eigenvalue weighted by Gasteiger charge is -2.23. The fourth-order valence-corrected chi connectivity index (χ4v) is 5.28. The number of hydrogen-bond donors (Lipinski definition) is 1. The van der Waals surface area contributed by atoms with Gasteiger partial charge in [-0.25, -0.2) is 9.78 Å². The van der Waals surface area contributed by atoms with Gasteiger partial charge in [0.15, 0.2) is 5.13 Å². The van der Waals surface area contributed by atoms with Crippen molar-refractivity contribution in [2.75, 3.05) is 18.1 Å². The summed E-state index contributed by atoms with van der Waals surface area (Å²) < 4.78 is 10.7. The van der Waals surface area contributed by atoms with E-state index in [0.717, 1.165) is 22.7 Å². The summed E-state index contributed by atoms with van der Waals surface area (Å²) in [4.78, 5) is 44.9. The molecule has 0 aliphatic carbocycles. The molecule has 2 aromatic carbocycles. The van der Waals surface area contributed by atoms with Crippen LogP contribution >= 0.6 is 34.5 Å². The highest BCUT2D eigenvalue weighted by molar-refractivity contribution is 7.17. The van der Waals surface area contributed by atoms with E-state index < -0.39 is 23.7 Å². The molecule has 1 amide bonds. The second kappa shape index (κ2) is 11.6. The predicted octanol–water partition coefficient (Wildman–Crippen LogP) is 6.35. The van der Waals surface area contributed by atoms with Crippen LogP contribution in [-0.4, -0.2) is 41.0 Å². The van der Waals surface area contributed by atoms with Gasteiger partial charge in [0.2, 0.25) is 0 Å². The summed E-state index contributed by atoms with van der Waals surface area (Å²) in [6.07, 6.45) is 0.836. The number of rotatable bonds is 8. The minimum absolute atomic E-state index is 0.103. The molecule has 0 bridgehead atoms. The molecule has 0 spiro atoms. The molecular weight excluding hydrogens is 551 g/mol. The van der Waals surface area contributed by atoms with Gasteiger partial charge in [0.1, 0.15) is 16.4 Å². The van der Waals surface area contributed by atoms with Gasteiger partial charge in [-0.1, -0.05) is 47.5 Å². The van der Waals surface area contributed by atoms with E-state index in [4.69, 9.17) is 32.7 Å². The van der Waals surface area contributed by atoms with Crippen molar-refractivity contribution in [3.8, 4) is 5.75 Å². The fraction of sp³-hybridized carbons (Fsp3) is 0.259. The van der Waals surface area contributed by atoms with Crippen molar-refractivity contribution in [3.63, 3.8) is 0 Å². The number of esters is 1. The van der Waals surface area contributed by atoms with Gasteiger partial charge in [0.05, 0.1) is 40.6 Å². The van der Waals surface area contributed by atoms with Crippen molar-refractivity contribution in [2.45, 2.75) is 33.2 Å². The molecule has 8 nitrogen and oxygen atoms in total. The first-order valence-electron chi connectivity index (χ1n) is 11.8. The molecule has 1 saturated heterocycles. The molecule has 0 radical (unpaired) electrons. The highest BCUT2D eigenvalue weighted by atomic mass is 35.5. The molecule has 0 saturated carbocycles. The number of aromatic nitrogens is 1. The fourth-order valence-electron chi connectivity index (χ4n) is 3.98. The zero-order valence-electron chi connectivity index (χ0n) is 20.8. The first-order chi connectivity index (χ1) is 18.2. The van der Waals surface area contributed by atoms with Gasteiger partial charge in [-0.2, -0.15) is 0 Å². The number of halogens is 2. The number of aliphatic hydroxyl groups excluding tert-OH is 1. The second-order valence-corrected chi connectivity index (χ2v) is 10.1. The Morgan fingerprint density at radius 3 is 2.45 bits per heavy atom. The Balaban J connectivity index is 1.86. The number of carbonyl (C=O) groups is 3. The standard InChI is InChI=1S/C27H24Cl2N2O6S/c1-4-12-37-17-9-6-15(7-10-17)22(32)20-21(16-8-11-18(28)19(29)13-16)31(25(34)23(20)33)27-30-14(3)24(38-27)26(35)36-5-2/h6-11,13,21,32H,4-5,12H2,1-3H3/b22-20+. The van der Waals surface area contributed by atoms with E-state index in [-0.39, 0.29) is 38.0 Å². The quantitative estimate of drug-likeness (QED) is 0.144. The minimum Gasteiger partial charge on any atom is -0.507 e. The van der Waals surface area contributed by atoms with E-state index in [9.17, 15) is 19.5 Å². The lowest BCUT2D eigenvalue weighted by molar-refractivity contribution is -0.132. The van der Waals surface area contributed by atoms with Gasteiger partial charge in [-0.05, 0) is 62.2 Å². The van der Waals surface area contributed by atoms with Crippen molar-refractivity contribution < 1.29 is 29.0 Å². The minimum atomic E-state index is -1.08. The Hall–Kier alpha value is -3.40. The molecule has 38 heavy (non-hydrogen) atoms. The Morgan fingerprint density at radius 2 is 1.82 bits per heavy atom. The number of ether oxygens (including phenoxy) is 2. The Bertz CT molecular complexity index is 1430. The molecule has 1 atom stereocenters. The number of Topliss-reactive ketones (excluding diaryl/α,β-unsaturated/α-hetero) is 1. The second-order valence-electron chi connectivity index (χ2n) is 8.35. The topological polar surface area (TPSA) is 106 Å². The van der Waals surface area contributed by atoms with Crippen molar-refractivity contribution in [1.82, 2.24) is 4.98 Å². The molecule has 1 aliphatic rings. The van der Waals surface area contributed by atoms with Gasteiger partial charge < -0.3 is 14.6 Å². The predicted molar refractivity (Wildman–Crippen MR) is 146 cm³/mol. The number of aliphatic hydroxyl groups is 1. The summed E-state index contributed by atoms with van der Waals surface area (Å²) in [5.74, 6) is -2.16. The largest absolute Gasteiger partial charge is 0.507 e. The third kappa shape index (κ3) is 5.27. The summed E-state index contributed by atoms with van der Waals surface area (Å²) in [7, 11) is 0. The van der Waals surface area contributed by atoms with Gasteiger partial charge in [-0.15, -0.1) is 0 Å². The first kappa shape index (κ1) is 27.6. The van der Waals surface area contributed by atoms with Crippen LogP contribution in [0.2, 0.25) is 10.0 Å². The van der Waals surface area contributed by atoms with Crippen molar-refractivity contribution in [1.29, 1.82) is 0 Å². The molecule has 1 aromatic heterocycles. The number of ketones is 1. The van der Waals surface area contributed by atoms with Gasteiger partial charge in [-0.3, -0.25) is 14.5 Å². The van der Waals surface area contributed by atoms with E-state index in [1.165, 1.54) is 12.1 Å². The van der Waals surface area contributed by atoms with E-state index in [1.54, 1.807) is 44.2 Å². The van der Waals surface area contributed by atoms with Crippen LogP contribution in [0.3, 0.4) is 0 Å². The van der Waals surface area contributed by atoms with Crippen LogP contribution in [0.5, 0.6) is 5.75 Å². The highest BCUT2D eigenvalue weighted by Crippen LogP contribution is 2.45. The highest BCUT2D eigenvalue weighted by Gasteiger charge is 2.48. The molecule has 4 rings (SSSR count). The lowest BCUT2D eigenvalue weighted by atomic mass is 9.95. The van der Waals surface area contributed by atoms with E-state index in [2.05, 4.69) is 4.98 Å². The van der Waals surface area contributed by atoms with Crippen molar-refractivity contribution >= 4 is 63.1 Å². The van der Waals surface area contributed by atoms with Crippen LogP contribution in [0, 0.1) is 6.92 Å². The Morgan fingerprint density at radius 1 is 1.11 bits per heavy atom. The first-order valence-corrected chi connectivity index (χ1v) is 13.4. The monoisotopic (exact) mass is 574 g/mol. The van der Waals surface area contributed by atoms with Crippen LogP contribution in [0.15, 0.2) is 48.0 Å². The molecule has 3 aromatic rings. The van der Waals surface area contributed by atoms with Gasteiger partial charge in [0, 0.05) is 5.56 Å². The third-order valence-corrected chi connectivity index (χ3v) is 7.63. The van der Waals surface area contributed by atoms with Crippen LogP contribution in [0.4, 0.5) is 5.13 Å². The molecule has 1 fully saturated rings. The molecule has 1 unspecified atom stereocenters. The smallest absolute Gasteiger partial charge is 0.350 e. The molecule has 2 heterocycles. The summed E-state index contributed by atoms with van der Waals surface area (Å²) in [6.45, 7) is 5.98. The van der Waals surface area contributed by atoms with Gasteiger partial charge in [0.25, 0.3) is 5.78 Å². The van der Waals surface area contributed by atoms with E-state index in [0.29, 0.717) is 29.2 Å². The van der Waals surface area contributed by atoms with Crippen LogP contribution in [0.25, 0.3) is 5.76 Å².